The van der Waals surface area contributed by atoms with Gasteiger partial charge in [-0.3, -0.25) is 24.0 Å². The number of hydrogen-bond donors (Lipinski definition) is 2. The van der Waals surface area contributed by atoms with Crippen molar-refractivity contribution >= 4 is 60.2 Å². The summed E-state index contributed by atoms with van der Waals surface area (Å²) in [4.78, 5) is 58.2. The van der Waals surface area contributed by atoms with E-state index in [2.05, 4.69) is 35.4 Å². The van der Waals surface area contributed by atoms with E-state index in [1.165, 1.54) is 28.1 Å². The number of methoxy groups -OCH3 is 2. The molecule has 0 unspecified atom stereocenters. The van der Waals surface area contributed by atoms with Crippen LogP contribution in [0.5, 0.6) is 0 Å². The highest BCUT2D eigenvalue weighted by atomic mass is 79.9. The van der Waals surface area contributed by atoms with E-state index in [1.807, 2.05) is 96.8 Å². The Bertz CT molecular complexity index is 1890. The van der Waals surface area contributed by atoms with Gasteiger partial charge in [0.25, 0.3) is 16.7 Å². The van der Waals surface area contributed by atoms with Crippen LogP contribution >= 0.6 is 15.9 Å². The summed E-state index contributed by atoms with van der Waals surface area (Å²) in [6.07, 6.45) is 5.10. The molecule has 0 saturated heterocycles. The average molecular weight is 741 g/mol. The number of aromatic amines is 2. The Labute approximate surface area is 296 Å². The molecule has 3 aromatic heterocycles. The number of benzene rings is 3. The van der Waals surface area contributed by atoms with Crippen molar-refractivity contribution in [3.63, 3.8) is 0 Å². The van der Waals surface area contributed by atoms with Crippen LogP contribution in [0.1, 0.15) is 36.1 Å². The van der Waals surface area contributed by atoms with Crippen molar-refractivity contribution in [2.75, 3.05) is 20.1 Å². The second-order valence-electron chi connectivity index (χ2n) is 9.00. The quantitative estimate of drug-likeness (QED) is 0.119. The van der Waals surface area contributed by atoms with Gasteiger partial charge in [-0.15, -0.1) is 0 Å². The zero-order chi connectivity index (χ0) is 34.5. The lowest BCUT2D eigenvalue weighted by molar-refractivity contribution is -0.138. The highest BCUT2D eigenvalue weighted by molar-refractivity contribution is 9.08. The molecular weight excluding hydrogens is 690 g/mol. The molecule has 2 N–H and O–H groups in total. The van der Waals surface area contributed by atoms with Crippen LogP contribution in [0, 0.1) is 0 Å². The molecule has 0 atom stereocenters. The largest absolute Gasteiger partial charge is 0.469 e. The summed E-state index contributed by atoms with van der Waals surface area (Å²) in [5, 5.41) is 5.24. The number of aryl methyl sites for hydroxylation is 1. The summed E-state index contributed by atoms with van der Waals surface area (Å²) in [7, 11) is 4.46. The number of hydrogen-bond acceptors (Lipinski definition) is 7. The molecule has 266 valence electrons. The van der Waals surface area contributed by atoms with Crippen LogP contribution in [-0.4, -0.2) is 46.5 Å². The van der Waals surface area contributed by atoms with Crippen LogP contribution in [0.2, 0.25) is 0 Å². The van der Waals surface area contributed by atoms with E-state index >= 15 is 0 Å². The first-order chi connectivity index (χ1) is 22.1. The summed E-state index contributed by atoms with van der Waals surface area (Å²) in [6, 6.07) is 28.3. The van der Waals surface area contributed by atoms with Crippen molar-refractivity contribution in [3.8, 4) is 0 Å². The molecule has 0 radical (unpaired) electrons. The molecule has 11 heteroatoms. The van der Waals surface area contributed by atoms with E-state index in [-0.39, 0.29) is 50.9 Å². The standard InChI is InChI=1S/C10H9NO.2C9H7NO.2C3H6O2.CH3Br.3CH4/c1-11-7-6-8-4-2-3-5-9(8)10(11)12;2*11-9-8-4-2-1-3-7(8)5-6-10-9;2*1-3(4)5-2;1-2;;;/h2-7H,1H3;2*1-6H,(H,10,11);2*1-2H3;1H3;3*1H4. The predicted octanol–water partition coefficient (Wildman–Crippen LogP) is 7.87. The molecule has 0 bridgehead atoms. The van der Waals surface area contributed by atoms with Crippen LogP contribution in [-0.2, 0) is 26.1 Å². The number of H-pyrrole nitrogens is 2. The van der Waals surface area contributed by atoms with E-state index < -0.39 is 0 Å². The third-order valence-corrected chi connectivity index (χ3v) is 5.93. The number of nitrogens with one attached hydrogen (secondary N) is 2. The number of fused-ring (bicyclic) bond motifs is 3. The number of pyridine rings is 3. The highest BCUT2D eigenvalue weighted by Gasteiger charge is 1.97. The van der Waals surface area contributed by atoms with Crippen LogP contribution < -0.4 is 16.7 Å². The monoisotopic (exact) mass is 739 g/mol. The van der Waals surface area contributed by atoms with Gasteiger partial charge in [0.15, 0.2) is 0 Å². The lowest BCUT2D eigenvalue weighted by Gasteiger charge is -1.98. The number of esters is 2. The molecule has 0 fully saturated rings. The third-order valence-electron chi connectivity index (χ3n) is 5.93. The zero-order valence-corrected chi connectivity index (χ0v) is 28.2. The van der Waals surface area contributed by atoms with Crippen molar-refractivity contribution in [2.24, 2.45) is 7.05 Å². The summed E-state index contributed by atoms with van der Waals surface area (Å²) in [5.41, 5.74) is 0.0132. The van der Waals surface area contributed by atoms with Gasteiger partial charge in [0.1, 0.15) is 0 Å². The predicted molar refractivity (Wildman–Crippen MR) is 209 cm³/mol. The number of carbonyl (C=O) groups excluding carboxylic acids is 2. The number of ether oxygens (including phenoxy) is 2. The van der Waals surface area contributed by atoms with Crippen LogP contribution in [0.15, 0.2) is 124 Å². The second kappa shape index (κ2) is 26.7. The minimum atomic E-state index is -0.245. The molecule has 0 aliphatic rings. The van der Waals surface area contributed by atoms with E-state index in [9.17, 15) is 24.0 Å². The molecule has 3 heterocycles. The summed E-state index contributed by atoms with van der Waals surface area (Å²) in [5.74, 6) is 1.32. The molecule has 3 aromatic carbocycles. The van der Waals surface area contributed by atoms with Gasteiger partial charge in [0, 0.05) is 55.6 Å². The molecule has 0 saturated carbocycles. The van der Waals surface area contributed by atoms with Gasteiger partial charge >= 0.3 is 11.9 Å². The minimum Gasteiger partial charge on any atom is -0.469 e. The highest BCUT2D eigenvalue weighted by Crippen LogP contribution is 2.08. The van der Waals surface area contributed by atoms with E-state index in [1.54, 1.807) is 30.2 Å². The molecular formula is C38H50BrN3O7. The normalized spacial score (nSPS) is 8.63. The maximum absolute atomic E-state index is 11.5. The molecule has 0 aliphatic heterocycles. The average Bonchev–Trinajstić information content (AvgIpc) is 3.09. The molecule has 0 aliphatic carbocycles. The van der Waals surface area contributed by atoms with Crippen molar-refractivity contribution in [2.45, 2.75) is 36.1 Å². The fourth-order valence-electron chi connectivity index (χ4n) is 3.55. The third kappa shape index (κ3) is 16.9. The maximum Gasteiger partial charge on any atom is 0.302 e. The molecule has 6 aromatic rings. The summed E-state index contributed by atoms with van der Waals surface area (Å²) >= 11 is 2.94. The first-order valence-corrected chi connectivity index (χ1v) is 15.3. The van der Waals surface area contributed by atoms with Crippen LogP contribution in [0.4, 0.5) is 0 Å². The Balaban J connectivity index is -0.000000546. The summed E-state index contributed by atoms with van der Waals surface area (Å²) in [6.45, 7) is 2.72. The molecule has 10 nitrogen and oxygen atoms in total. The van der Waals surface area contributed by atoms with Gasteiger partial charge in [-0.05, 0) is 58.4 Å². The minimum absolute atomic E-state index is 0. The van der Waals surface area contributed by atoms with Crippen molar-refractivity contribution < 1.29 is 19.1 Å². The van der Waals surface area contributed by atoms with Gasteiger partial charge in [0.2, 0.25) is 0 Å². The van der Waals surface area contributed by atoms with Crippen molar-refractivity contribution in [3.05, 3.63) is 141 Å². The smallest absolute Gasteiger partial charge is 0.302 e. The Morgan fingerprint density at radius 3 is 1.20 bits per heavy atom. The summed E-state index contributed by atoms with van der Waals surface area (Å²) < 4.78 is 9.81. The fourth-order valence-corrected chi connectivity index (χ4v) is 3.55. The topological polar surface area (TPSA) is 140 Å². The Morgan fingerprint density at radius 1 is 0.571 bits per heavy atom. The van der Waals surface area contributed by atoms with Gasteiger partial charge < -0.3 is 24.0 Å². The second-order valence-corrected chi connectivity index (χ2v) is 9.00. The first kappa shape index (κ1) is 48.1. The molecule has 49 heavy (non-hydrogen) atoms. The zero-order valence-electron chi connectivity index (χ0n) is 26.6. The lowest BCUT2D eigenvalue weighted by atomic mass is 10.2. The number of halogens is 1. The van der Waals surface area contributed by atoms with E-state index in [0.717, 1.165) is 32.3 Å². The Hall–Kier alpha value is -5.29. The first-order valence-electron chi connectivity index (χ1n) is 13.7. The van der Waals surface area contributed by atoms with E-state index in [4.69, 9.17) is 0 Å². The number of rotatable bonds is 0. The Kier molecular flexibility index (Phi) is 26.3. The maximum atomic E-state index is 11.5. The van der Waals surface area contributed by atoms with Gasteiger partial charge in [-0.2, -0.15) is 0 Å². The SMILES string of the molecule is C.C.C.CBr.COC(C)=O.COC(C)=O.Cn1ccc2ccccc2c1=O.O=c1[nH]ccc2ccccc12.O=c1[nH]ccc2ccccc12. The molecule has 6 rings (SSSR count). The number of aromatic nitrogens is 3. The van der Waals surface area contributed by atoms with Crippen LogP contribution in [0.25, 0.3) is 32.3 Å². The van der Waals surface area contributed by atoms with Crippen LogP contribution in [0.3, 0.4) is 0 Å². The van der Waals surface area contributed by atoms with Gasteiger partial charge in [-0.1, -0.05) is 92.8 Å². The molecule has 0 amide bonds. The number of carbonyl (C=O) groups is 2. The van der Waals surface area contributed by atoms with Gasteiger partial charge in [0.05, 0.1) is 14.2 Å². The van der Waals surface area contributed by atoms with Crippen molar-refractivity contribution in [1.82, 2.24) is 14.5 Å². The van der Waals surface area contributed by atoms with E-state index in [0.29, 0.717) is 0 Å². The lowest BCUT2D eigenvalue weighted by Crippen LogP contribution is -2.15. The number of nitrogens with zero attached hydrogens (tertiary/aromatic N) is 1. The Morgan fingerprint density at radius 2 is 0.878 bits per heavy atom. The fraction of sp³-hybridized carbons (Fsp3) is 0.237. The van der Waals surface area contributed by atoms with Gasteiger partial charge in [-0.25, -0.2) is 0 Å². The van der Waals surface area contributed by atoms with Crippen molar-refractivity contribution in [1.29, 1.82) is 0 Å². The molecule has 0 spiro atoms. The number of alkyl halides is 1.